The van der Waals surface area contributed by atoms with Crippen molar-refractivity contribution in [2.45, 2.75) is 44.4 Å². The summed E-state index contributed by atoms with van der Waals surface area (Å²) in [5.41, 5.74) is 6.82. The molecule has 0 fully saturated rings. The molecule has 0 aliphatic heterocycles. The first-order valence-electron chi connectivity index (χ1n) is 9.59. The molecule has 144 valence electrons. The van der Waals surface area contributed by atoms with E-state index in [-0.39, 0.29) is 11.9 Å². The van der Waals surface area contributed by atoms with Gasteiger partial charge in [-0.15, -0.1) is 11.8 Å². The summed E-state index contributed by atoms with van der Waals surface area (Å²) in [5.74, 6) is 0.854. The van der Waals surface area contributed by atoms with E-state index in [1.807, 2.05) is 31.2 Å². The van der Waals surface area contributed by atoms with Gasteiger partial charge in [0.1, 0.15) is 0 Å². The minimum Gasteiger partial charge on any atom is -0.346 e. The van der Waals surface area contributed by atoms with Crippen molar-refractivity contribution in [2.24, 2.45) is 0 Å². The van der Waals surface area contributed by atoms with Gasteiger partial charge in [-0.1, -0.05) is 48.0 Å². The molecule has 0 aliphatic rings. The van der Waals surface area contributed by atoms with E-state index in [0.29, 0.717) is 5.56 Å². The highest BCUT2D eigenvalue weighted by Crippen LogP contribution is 2.23. The topological polar surface area (TPSA) is 29.1 Å². The fraction of sp³-hybridized carbons (Fsp3) is 0.240. The fourth-order valence-corrected chi connectivity index (χ4v) is 3.81. The Hall–Kier alpha value is -2.52. The molecular formula is C25H27NOS. The Labute approximate surface area is 172 Å². The molecule has 1 amide bonds. The Balaban J connectivity index is 1.58. The van der Waals surface area contributed by atoms with Gasteiger partial charge in [-0.3, -0.25) is 4.79 Å². The third-order valence-corrected chi connectivity index (χ3v) is 6.10. The first-order valence-corrected chi connectivity index (χ1v) is 10.6. The van der Waals surface area contributed by atoms with Gasteiger partial charge in [-0.25, -0.2) is 0 Å². The number of carbonyl (C=O) groups excluding carboxylic acids is 1. The molecule has 0 aromatic heterocycles. The number of hydrogen-bond acceptors (Lipinski definition) is 2. The summed E-state index contributed by atoms with van der Waals surface area (Å²) in [7, 11) is 0. The van der Waals surface area contributed by atoms with Gasteiger partial charge < -0.3 is 5.32 Å². The van der Waals surface area contributed by atoms with Crippen LogP contribution in [0.4, 0.5) is 0 Å². The van der Waals surface area contributed by atoms with Crippen LogP contribution in [0.1, 0.15) is 51.1 Å². The van der Waals surface area contributed by atoms with Crippen molar-refractivity contribution < 1.29 is 4.79 Å². The zero-order valence-corrected chi connectivity index (χ0v) is 17.8. The molecule has 28 heavy (non-hydrogen) atoms. The molecule has 3 aromatic carbocycles. The molecule has 3 heteroatoms. The highest BCUT2D eigenvalue weighted by molar-refractivity contribution is 7.98. The number of carbonyl (C=O) groups is 1. The van der Waals surface area contributed by atoms with Gasteiger partial charge in [-0.2, -0.15) is 0 Å². The van der Waals surface area contributed by atoms with Crippen LogP contribution in [-0.2, 0) is 5.75 Å². The lowest BCUT2D eigenvalue weighted by Gasteiger charge is -2.16. The second-order valence-electron chi connectivity index (χ2n) is 7.34. The van der Waals surface area contributed by atoms with Gasteiger partial charge in [0.15, 0.2) is 0 Å². The average Bonchev–Trinajstić information content (AvgIpc) is 2.70. The number of amides is 1. The maximum atomic E-state index is 12.6. The summed E-state index contributed by atoms with van der Waals surface area (Å²) in [4.78, 5) is 13.8. The predicted octanol–water partition coefficient (Wildman–Crippen LogP) is 6.40. The lowest BCUT2D eigenvalue weighted by Crippen LogP contribution is -2.26. The molecule has 0 radical (unpaired) electrons. The van der Waals surface area contributed by atoms with Crippen molar-refractivity contribution >= 4 is 17.7 Å². The molecule has 3 aromatic rings. The molecule has 1 N–H and O–H groups in total. The normalized spacial score (nSPS) is 11.9. The molecular weight excluding hydrogens is 362 g/mol. The van der Waals surface area contributed by atoms with Crippen LogP contribution in [0, 0.1) is 20.8 Å². The van der Waals surface area contributed by atoms with Crippen LogP contribution in [-0.4, -0.2) is 5.91 Å². The van der Waals surface area contributed by atoms with Crippen molar-refractivity contribution in [2.75, 3.05) is 0 Å². The molecule has 0 unspecified atom stereocenters. The largest absolute Gasteiger partial charge is 0.346 e. The van der Waals surface area contributed by atoms with E-state index in [1.54, 1.807) is 11.8 Å². The van der Waals surface area contributed by atoms with Crippen LogP contribution in [0.15, 0.2) is 71.6 Å². The summed E-state index contributed by atoms with van der Waals surface area (Å²) in [5, 5.41) is 3.10. The van der Waals surface area contributed by atoms with Crippen molar-refractivity contribution in [3.63, 3.8) is 0 Å². The molecule has 0 bridgehead atoms. The summed E-state index contributed by atoms with van der Waals surface area (Å²) in [6, 6.07) is 22.8. The van der Waals surface area contributed by atoms with Crippen molar-refractivity contribution in [3.05, 3.63) is 100 Å². The van der Waals surface area contributed by atoms with E-state index in [4.69, 9.17) is 0 Å². The summed E-state index contributed by atoms with van der Waals surface area (Å²) in [6.45, 7) is 8.31. The van der Waals surface area contributed by atoms with Crippen LogP contribution >= 0.6 is 11.8 Å². The van der Waals surface area contributed by atoms with Gasteiger partial charge in [0.05, 0.1) is 6.04 Å². The summed E-state index contributed by atoms with van der Waals surface area (Å²) < 4.78 is 0. The zero-order valence-electron chi connectivity index (χ0n) is 17.0. The molecule has 2 nitrogen and oxygen atoms in total. The molecule has 0 saturated heterocycles. The van der Waals surface area contributed by atoms with E-state index in [2.05, 4.69) is 68.6 Å². The Morgan fingerprint density at radius 1 is 0.893 bits per heavy atom. The SMILES string of the molecule is Cc1ccc(SCc2ccc(C(=O)N[C@H](C)c3ccc(C)c(C)c3)cc2)cc1. The number of hydrogen-bond donors (Lipinski definition) is 1. The molecule has 3 rings (SSSR count). The number of rotatable bonds is 6. The third-order valence-electron chi connectivity index (χ3n) is 5.02. The highest BCUT2D eigenvalue weighted by atomic mass is 32.2. The first kappa shape index (κ1) is 20.2. The van der Waals surface area contributed by atoms with Crippen LogP contribution in [0.5, 0.6) is 0 Å². The van der Waals surface area contributed by atoms with Crippen LogP contribution in [0.3, 0.4) is 0 Å². The first-order chi connectivity index (χ1) is 13.4. The maximum absolute atomic E-state index is 12.6. The minimum absolute atomic E-state index is 0.0245. The Kier molecular flexibility index (Phi) is 6.58. The molecule has 0 heterocycles. The van der Waals surface area contributed by atoms with Crippen LogP contribution in [0.2, 0.25) is 0 Å². The van der Waals surface area contributed by atoms with Crippen LogP contribution in [0.25, 0.3) is 0 Å². The van der Waals surface area contributed by atoms with Gasteiger partial charge in [-0.05, 0) is 74.2 Å². The fourth-order valence-electron chi connectivity index (χ4n) is 2.95. The summed E-state index contributed by atoms with van der Waals surface area (Å²) >= 11 is 1.81. The number of benzene rings is 3. The lowest BCUT2D eigenvalue weighted by atomic mass is 10.0. The Bertz CT molecular complexity index is 945. The highest BCUT2D eigenvalue weighted by Gasteiger charge is 2.12. The van der Waals surface area contributed by atoms with Gasteiger partial charge >= 0.3 is 0 Å². The van der Waals surface area contributed by atoms with Gasteiger partial charge in [0, 0.05) is 16.2 Å². The van der Waals surface area contributed by atoms with Crippen molar-refractivity contribution in [1.29, 1.82) is 0 Å². The van der Waals surface area contributed by atoms with Crippen molar-refractivity contribution in [1.82, 2.24) is 5.32 Å². The van der Waals surface area contributed by atoms with E-state index < -0.39 is 0 Å². The van der Waals surface area contributed by atoms with Gasteiger partial charge in [0.25, 0.3) is 5.91 Å². The smallest absolute Gasteiger partial charge is 0.251 e. The number of nitrogens with one attached hydrogen (secondary N) is 1. The maximum Gasteiger partial charge on any atom is 0.251 e. The quantitative estimate of drug-likeness (QED) is 0.495. The standard InChI is InChI=1S/C25H27NOS/c1-17-5-13-24(14-6-17)28-16-21-8-11-22(12-9-21)25(27)26-20(4)23-10-7-18(2)19(3)15-23/h5-15,20H,16H2,1-4H3,(H,26,27)/t20-/m1/s1. The molecule has 0 spiro atoms. The van der Waals surface area contributed by atoms with E-state index in [9.17, 15) is 4.79 Å². The van der Waals surface area contributed by atoms with Crippen molar-refractivity contribution in [3.8, 4) is 0 Å². The second-order valence-corrected chi connectivity index (χ2v) is 8.39. The Morgan fingerprint density at radius 3 is 2.21 bits per heavy atom. The van der Waals surface area contributed by atoms with Crippen LogP contribution < -0.4 is 5.32 Å². The lowest BCUT2D eigenvalue weighted by molar-refractivity contribution is 0.0940. The monoisotopic (exact) mass is 389 g/mol. The molecule has 0 aliphatic carbocycles. The average molecular weight is 390 g/mol. The predicted molar refractivity (Wildman–Crippen MR) is 119 cm³/mol. The molecule has 0 saturated carbocycles. The van der Waals surface area contributed by atoms with Gasteiger partial charge in [0.2, 0.25) is 0 Å². The van der Waals surface area contributed by atoms with E-state index in [0.717, 1.165) is 11.3 Å². The minimum atomic E-state index is -0.0385. The molecule has 1 atom stereocenters. The number of thioether (sulfide) groups is 1. The van der Waals surface area contributed by atoms with E-state index in [1.165, 1.54) is 27.1 Å². The summed E-state index contributed by atoms with van der Waals surface area (Å²) in [6.07, 6.45) is 0. The third kappa shape index (κ3) is 5.26. The second kappa shape index (κ2) is 9.11. The Morgan fingerprint density at radius 2 is 1.57 bits per heavy atom. The van der Waals surface area contributed by atoms with E-state index >= 15 is 0 Å². The number of aryl methyl sites for hydroxylation is 3. The zero-order chi connectivity index (χ0) is 20.1.